The van der Waals surface area contributed by atoms with E-state index in [9.17, 15) is 14.7 Å². The second-order valence-corrected chi connectivity index (χ2v) is 5.82. The second-order valence-electron chi connectivity index (χ2n) is 4.97. The molecule has 0 aliphatic carbocycles. The Morgan fingerprint density at radius 2 is 1.77 bits per heavy atom. The van der Waals surface area contributed by atoms with Crippen LogP contribution < -0.4 is 14.8 Å². The van der Waals surface area contributed by atoms with E-state index < -0.39 is 18.5 Å². The lowest BCUT2D eigenvalue weighted by atomic mass is 10.2. The fourth-order valence-electron chi connectivity index (χ4n) is 2.03. The summed E-state index contributed by atoms with van der Waals surface area (Å²) in [5, 5.41) is 12.8. The lowest BCUT2D eigenvalue weighted by molar-refractivity contribution is -0.119. The van der Waals surface area contributed by atoms with Crippen LogP contribution in [-0.2, 0) is 9.53 Å². The van der Waals surface area contributed by atoms with Gasteiger partial charge in [-0.25, -0.2) is 4.79 Å². The zero-order chi connectivity index (χ0) is 19.3. The van der Waals surface area contributed by atoms with Gasteiger partial charge in [-0.3, -0.25) is 4.79 Å². The van der Waals surface area contributed by atoms with E-state index in [0.29, 0.717) is 22.2 Å². The van der Waals surface area contributed by atoms with Crippen LogP contribution in [0.15, 0.2) is 30.3 Å². The van der Waals surface area contributed by atoms with E-state index in [1.807, 2.05) is 0 Å². The summed E-state index contributed by atoms with van der Waals surface area (Å²) >= 11 is 11.7. The Balaban J connectivity index is 2.04. The van der Waals surface area contributed by atoms with E-state index in [1.54, 1.807) is 0 Å². The second kappa shape index (κ2) is 8.64. The first-order valence-electron chi connectivity index (χ1n) is 7.22. The first-order chi connectivity index (χ1) is 12.3. The molecule has 0 heterocycles. The number of esters is 1. The fourth-order valence-corrected chi connectivity index (χ4v) is 2.43. The van der Waals surface area contributed by atoms with Crippen LogP contribution >= 0.6 is 23.2 Å². The van der Waals surface area contributed by atoms with Crippen molar-refractivity contribution in [2.24, 2.45) is 0 Å². The van der Waals surface area contributed by atoms with Crippen molar-refractivity contribution in [3.05, 3.63) is 45.9 Å². The van der Waals surface area contributed by atoms with Gasteiger partial charge in [-0.15, -0.1) is 0 Å². The predicted molar refractivity (Wildman–Crippen MR) is 96.6 cm³/mol. The van der Waals surface area contributed by atoms with E-state index in [-0.39, 0.29) is 16.3 Å². The standard InChI is InChI=1S/C17H15Cl2NO6/c1-24-14-7-12(15(25-2)6-11(14)19)20-16(22)8-26-17(23)10-4-3-9(18)5-13(10)21/h3-7,21H,8H2,1-2H3,(H,20,22). The molecule has 7 nitrogen and oxygen atoms in total. The third-order valence-corrected chi connectivity index (χ3v) is 3.79. The number of carbonyl (C=O) groups is 2. The summed E-state index contributed by atoms with van der Waals surface area (Å²) in [7, 11) is 2.84. The van der Waals surface area contributed by atoms with Crippen molar-refractivity contribution in [3.8, 4) is 17.2 Å². The van der Waals surface area contributed by atoms with Crippen LogP contribution in [0.25, 0.3) is 0 Å². The van der Waals surface area contributed by atoms with Crippen molar-refractivity contribution in [1.29, 1.82) is 0 Å². The molecule has 0 aromatic heterocycles. The van der Waals surface area contributed by atoms with Gasteiger partial charge in [0.05, 0.1) is 24.9 Å². The van der Waals surface area contributed by atoms with Gasteiger partial charge in [0.1, 0.15) is 22.8 Å². The summed E-state index contributed by atoms with van der Waals surface area (Å²) in [4.78, 5) is 24.0. The summed E-state index contributed by atoms with van der Waals surface area (Å²) in [5.74, 6) is -1.17. The molecular weight excluding hydrogens is 385 g/mol. The minimum absolute atomic E-state index is 0.104. The summed E-state index contributed by atoms with van der Waals surface area (Å²) in [5.41, 5.74) is 0.192. The number of aromatic hydroxyl groups is 1. The number of halogens is 2. The molecular formula is C17H15Cl2NO6. The van der Waals surface area contributed by atoms with Crippen molar-refractivity contribution in [2.75, 3.05) is 26.1 Å². The third kappa shape index (κ3) is 4.71. The minimum Gasteiger partial charge on any atom is -0.507 e. The average molecular weight is 400 g/mol. The van der Waals surface area contributed by atoms with Gasteiger partial charge in [0.15, 0.2) is 6.61 Å². The summed E-state index contributed by atoms with van der Waals surface area (Å²) in [6.45, 7) is -0.574. The number of hydrogen-bond donors (Lipinski definition) is 2. The lowest BCUT2D eigenvalue weighted by Gasteiger charge is -2.13. The van der Waals surface area contributed by atoms with E-state index >= 15 is 0 Å². The molecule has 0 aliphatic heterocycles. The number of phenols is 1. The molecule has 0 spiro atoms. The van der Waals surface area contributed by atoms with E-state index in [0.717, 1.165) is 0 Å². The zero-order valence-electron chi connectivity index (χ0n) is 13.8. The van der Waals surface area contributed by atoms with Gasteiger partial charge in [0.25, 0.3) is 5.91 Å². The van der Waals surface area contributed by atoms with Gasteiger partial charge >= 0.3 is 5.97 Å². The number of phenolic OH excluding ortho intramolecular Hbond substituents is 1. The van der Waals surface area contributed by atoms with Crippen molar-refractivity contribution in [3.63, 3.8) is 0 Å². The Labute approximate surface area is 159 Å². The number of ether oxygens (including phenoxy) is 3. The Morgan fingerprint density at radius 3 is 2.38 bits per heavy atom. The smallest absolute Gasteiger partial charge is 0.342 e. The van der Waals surface area contributed by atoms with Gasteiger partial charge in [0.2, 0.25) is 0 Å². The average Bonchev–Trinajstić information content (AvgIpc) is 2.60. The zero-order valence-corrected chi connectivity index (χ0v) is 15.4. The molecule has 2 aromatic carbocycles. The normalized spacial score (nSPS) is 10.2. The molecule has 2 aromatic rings. The SMILES string of the molecule is COc1cc(NC(=O)COC(=O)c2ccc(Cl)cc2O)c(OC)cc1Cl. The van der Waals surface area contributed by atoms with Crippen molar-refractivity contribution >= 4 is 40.8 Å². The Kier molecular flexibility index (Phi) is 6.54. The molecule has 26 heavy (non-hydrogen) atoms. The molecule has 2 rings (SSSR count). The summed E-state index contributed by atoms with van der Waals surface area (Å²) in [6, 6.07) is 6.87. The predicted octanol–water partition coefficient (Wildman–Crippen LogP) is 3.51. The third-order valence-electron chi connectivity index (χ3n) is 3.26. The monoisotopic (exact) mass is 399 g/mol. The first-order valence-corrected chi connectivity index (χ1v) is 7.98. The van der Waals surface area contributed by atoms with Crippen molar-refractivity contribution in [2.45, 2.75) is 0 Å². The maximum absolute atomic E-state index is 12.0. The van der Waals surface area contributed by atoms with Gasteiger partial charge in [-0.1, -0.05) is 23.2 Å². The van der Waals surface area contributed by atoms with Crippen LogP contribution in [-0.4, -0.2) is 37.8 Å². The number of rotatable bonds is 6. The highest BCUT2D eigenvalue weighted by atomic mass is 35.5. The van der Waals surface area contributed by atoms with E-state index in [4.69, 9.17) is 37.4 Å². The minimum atomic E-state index is -0.866. The number of benzene rings is 2. The van der Waals surface area contributed by atoms with Crippen LogP contribution in [0, 0.1) is 0 Å². The summed E-state index contributed by atoms with van der Waals surface area (Å²) < 4.78 is 15.1. The number of methoxy groups -OCH3 is 2. The van der Waals surface area contributed by atoms with Crippen LogP contribution in [0.5, 0.6) is 17.2 Å². The van der Waals surface area contributed by atoms with Crippen molar-refractivity contribution in [1.82, 2.24) is 0 Å². The number of hydrogen-bond acceptors (Lipinski definition) is 6. The molecule has 1 amide bonds. The van der Waals surface area contributed by atoms with Gasteiger partial charge in [-0.05, 0) is 18.2 Å². The molecule has 138 valence electrons. The van der Waals surface area contributed by atoms with Gasteiger partial charge in [-0.2, -0.15) is 0 Å². The molecule has 0 fully saturated rings. The quantitative estimate of drug-likeness (QED) is 0.721. The van der Waals surface area contributed by atoms with Gasteiger partial charge in [0, 0.05) is 17.2 Å². The largest absolute Gasteiger partial charge is 0.507 e. The maximum atomic E-state index is 12.0. The molecule has 0 radical (unpaired) electrons. The molecule has 0 atom stereocenters. The molecule has 0 bridgehead atoms. The molecule has 0 saturated carbocycles. The highest BCUT2D eigenvalue weighted by molar-refractivity contribution is 6.32. The van der Waals surface area contributed by atoms with Crippen molar-refractivity contribution < 1.29 is 28.9 Å². The molecule has 0 saturated heterocycles. The molecule has 0 aliphatic rings. The van der Waals surface area contributed by atoms with E-state index in [2.05, 4.69) is 5.32 Å². The van der Waals surface area contributed by atoms with Crippen LogP contribution in [0.1, 0.15) is 10.4 Å². The topological polar surface area (TPSA) is 94.1 Å². The molecule has 0 unspecified atom stereocenters. The first kappa shape index (κ1) is 19.7. The Bertz CT molecular complexity index is 840. The van der Waals surface area contributed by atoms with Crippen LogP contribution in [0.4, 0.5) is 5.69 Å². The van der Waals surface area contributed by atoms with Crippen LogP contribution in [0.2, 0.25) is 10.0 Å². The Hall–Kier alpha value is -2.64. The summed E-state index contributed by atoms with van der Waals surface area (Å²) in [6.07, 6.45) is 0. The van der Waals surface area contributed by atoms with E-state index in [1.165, 1.54) is 44.6 Å². The number of amides is 1. The lowest BCUT2D eigenvalue weighted by Crippen LogP contribution is -2.21. The number of nitrogens with one attached hydrogen (secondary N) is 1. The maximum Gasteiger partial charge on any atom is 0.342 e. The molecule has 9 heteroatoms. The Morgan fingerprint density at radius 1 is 1.08 bits per heavy atom. The fraction of sp³-hybridized carbons (Fsp3) is 0.176. The van der Waals surface area contributed by atoms with Crippen LogP contribution in [0.3, 0.4) is 0 Å². The number of anilines is 1. The highest BCUT2D eigenvalue weighted by Gasteiger charge is 2.17. The van der Waals surface area contributed by atoms with Gasteiger partial charge < -0.3 is 24.6 Å². The highest BCUT2D eigenvalue weighted by Crippen LogP contribution is 2.35. The number of carbonyl (C=O) groups excluding carboxylic acids is 2. The molecule has 2 N–H and O–H groups in total.